The van der Waals surface area contributed by atoms with Crippen molar-refractivity contribution >= 4 is 53.2 Å². The Bertz CT molecular complexity index is 1290. The molecule has 19 heteroatoms. The molecule has 10 N–H and O–H groups in total. The number of carbonyl (C=O) groups is 9. The molecular formula is C31H50N10O9. The molecule has 1 heterocycles. The van der Waals surface area contributed by atoms with Crippen molar-refractivity contribution < 1.29 is 43.2 Å². The molecule has 1 rings (SSSR count). The lowest BCUT2D eigenvalue weighted by atomic mass is 10.1. The van der Waals surface area contributed by atoms with Gasteiger partial charge in [-0.25, -0.2) is 0 Å². The second-order valence-electron chi connectivity index (χ2n) is 11.6. The van der Waals surface area contributed by atoms with Crippen molar-refractivity contribution in [2.75, 3.05) is 46.3 Å². The van der Waals surface area contributed by atoms with Gasteiger partial charge in [0.05, 0.1) is 26.2 Å². The minimum Gasteiger partial charge on any atom is -0.368 e. The molecule has 0 aromatic rings. The number of rotatable bonds is 22. The van der Waals surface area contributed by atoms with Crippen molar-refractivity contribution in [2.24, 2.45) is 5.73 Å². The van der Waals surface area contributed by atoms with Gasteiger partial charge in [0.15, 0.2) is 0 Å². The third kappa shape index (κ3) is 16.7. The number of hydrogen-bond donors (Lipinski definition) is 9. The highest BCUT2D eigenvalue weighted by Gasteiger charge is 2.34. The first-order valence-electron chi connectivity index (χ1n) is 16.3. The van der Waals surface area contributed by atoms with E-state index >= 15 is 0 Å². The van der Waals surface area contributed by atoms with Crippen LogP contribution in [0.3, 0.4) is 0 Å². The van der Waals surface area contributed by atoms with Gasteiger partial charge in [0.2, 0.25) is 53.2 Å². The molecule has 1 saturated heterocycles. The van der Waals surface area contributed by atoms with Crippen LogP contribution in [0.15, 0.2) is 0 Å². The summed E-state index contributed by atoms with van der Waals surface area (Å²) in [6, 6.07) is -3.86. The molecule has 0 bridgehead atoms. The van der Waals surface area contributed by atoms with Crippen LogP contribution in [-0.4, -0.2) is 129 Å². The van der Waals surface area contributed by atoms with Crippen LogP contribution in [-0.2, 0) is 43.2 Å². The monoisotopic (exact) mass is 706 g/mol. The molecule has 1 fully saturated rings. The topological polar surface area (TPSA) is 279 Å². The Balaban J connectivity index is 2.71. The van der Waals surface area contributed by atoms with Gasteiger partial charge in [-0.15, -0.1) is 12.3 Å². The fourth-order valence-corrected chi connectivity index (χ4v) is 4.70. The predicted octanol–water partition coefficient (Wildman–Crippen LogP) is -4.78. The molecule has 0 aromatic heterocycles. The van der Waals surface area contributed by atoms with Crippen LogP contribution in [0.5, 0.6) is 0 Å². The third-order valence-electron chi connectivity index (χ3n) is 7.44. The van der Waals surface area contributed by atoms with Crippen molar-refractivity contribution in [1.29, 1.82) is 0 Å². The van der Waals surface area contributed by atoms with E-state index in [0.717, 1.165) is 0 Å². The molecule has 0 radical (unpaired) electrons. The molecule has 0 aliphatic carbocycles. The largest absolute Gasteiger partial charge is 0.368 e. The summed E-state index contributed by atoms with van der Waals surface area (Å²) in [7, 11) is 1.58. The van der Waals surface area contributed by atoms with E-state index in [1.54, 1.807) is 7.05 Å². The molecule has 0 unspecified atom stereocenters. The van der Waals surface area contributed by atoms with Gasteiger partial charge >= 0.3 is 0 Å². The highest BCUT2D eigenvalue weighted by Crippen LogP contribution is 2.17. The standard InChI is InChI=1S/C31H50N10O9/c1-5-6-12-23(42)34-13-8-7-10-21(30(49)35-16-25(44)38-19(2)28(32)47)40-26(45)17-36-31(50)22-11-9-14-41(22)27(46)18-37-29(48)20(3)39-24(43)15-33-4/h1,19-22,33H,6-18H2,2-4H3,(H2,32,47)(H,34,42)(H,35,49)(H,36,50)(H,37,48)(H,38,44)(H,39,43)(H,40,45)/t19-,20-,21-,22-/m0/s1. The second kappa shape index (κ2) is 23.2. The lowest BCUT2D eigenvalue weighted by molar-refractivity contribution is -0.139. The smallest absolute Gasteiger partial charge is 0.243 e. The first-order chi connectivity index (χ1) is 23.7. The van der Waals surface area contributed by atoms with Crippen LogP contribution in [0.1, 0.15) is 58.8 Å². The molecular weight excluding hydrogens is 656 g/mol. The number of amides is 9. The third-order valence-corrected chi connectivity index (χ3v) is 7.44. The number of hydrogen-bond acceptors (Lipinski definition) is 10. The highest BCUT2D eigenvalue weighted by molar-refractivity contribution is 5.95. The zero-order valence-electron chi connectivity index (χ0n) is 28.8. The maximum absolute atomic E-state index is 13.0. The van der Waals surface area contributed by atoms with Gasteiger partial charge in [-0.1, -0.05) is 0 Å². The average molecular weight is 707 g/mol. The number of likely N-dealkylation sites (N-methyl/N-ethyl adjacent to an activating group) is 1. The predicted molar refractivity (Wildman–Crippen MR) is 179 cm³/mol. The summed E-state index contributed by atoms with van der Waals surface area (Å²) in [6.45, 7) is 1.99. The van der Waals surface area contributed by atoms with E-state index in [9.17, 15) is 43.2 Å². The van der Waals surface area contributed by atoms with Crippen LogP contribution < -0.4 is 48.3 Å². The number of nitrogens with one attached hydrogen (secondary N) is 8. The summed E-state index contributed by atoms with van der Waals surface area (Å²) in [5.41, 5.74) is 5.13. The summed E-state index contributed by atoms with van der Waals surface area (Å²) >= 11 is 0. The van der Waals surface area contributed by atoms with E-state index in [-0.39, 0.29) is 31.8 Å². The summed E-state index contributed by atoms with van der Waals surface area (Å²) < 4.78 is 0. The van der Waals surface area contributed by atoms with Gasteiger partial charge in [-0.05, 0) is 53.0 Å². The van der Waals surface area contributed by atoms with E-state index < -0.39 is 91.1 Å². The number of terminal acetylenes is 1. The van der Waals surface area contributed by atoms with Crippen LogP contribution in [0.2, 0.25) is 0 Å². The quantitative estimate of drug-likeness (QED) is 0.0383. The summed E-state index contributed by atoms with van der Waals surface area (Å²) in [4.78, 5) is 112. The van der Waals surface area contributed by atoms with Gasteiger partial charge in [0, 0.05) is 25.9 Å². The number of unbranched alkanes of at least 4 members (excludes halogenated alkanes) is 1. The van der Waals surface area contributed by atoms with Crippen molar-refractivity contribution in [3.05, 3.63) is 0 Å². The molecule has 50 heavy (non-hydrogen) atoms. The molecule has 19 nitrogen and oxygen atoms in total. The fraction of sp³-hybridized carbons (Fsp3) is 0.645. The van der Waals surface area contributed by atoms with Crippen LogP contribution in [0, 0.1) is 12.3 Å². The zero-order valence-corrected chi connectivity index (χ0v) is 28.8. The van der Waals surface area contributed by atoms with E-state index in [1.807, 2.05) is 0 Å². The van der Waals surface area contributed by atoms with E-state index in [4.69, 9.17) is 12.2 Å². The first-order valence-corrected chi connectivity index (χ1v) is 16.3. The summed E-state index contributed by atoms with van der Waals surface area (Å²) in [5, 5.41) is 20.0. The Kier molecular flexibility index (Phi) is 19.8. The van der Waals surface area contributed by atoms with E-state index in [2.05, 4.69) is 48.5 Å². The van der Waals surface area contributed by atoms with E-state index in [1.165, 1.54) is 18.7 Å². The fourth-order valence-electron chi connectivity index (χ4n) is 4.70. The van der Waals surface area contributed by atoms with Crippen LogP contribution in [0.4, 0.5) is 0 Å². The molecule has 9 amide bonds. The lowest BCUT2D eigenvalue weighted by Crippen LogP contribution is -2.54. The van der Waals surface area contributed by atoms with Crippen molar-refractivity contribution in [3.63, 3.8) is 0 Å². The van der Waals surface area contributed by atoms with Gasteiger partial charge in [-0.3, -0.25) is 43.2 Å². The Morgan fingerprint density at radius 1 is 0.780 bits per heavy atom. The summed E-state index contributed by atoms with van der Waals surface area (Å²) in [5.74, 6) is -2.81. The normalized spacial score (nSPS) is 15.2. The first kappa shape index (κ1) is 42.8. The maximum Gasteiger partial charge on any atom is 0.243 e. The Hall–Kier alpha value is -5.25. The number of nitrogens with two attached hydrogens (primary N) is 1. The zero-order chi connectivity index (χ0) is 37.6. The van der Waals surface area contributed by atoms with Gasteiger partial charge in [0.25, 0.3) is 0 Å². The highest BCUT2D eigenvalue weighted by atomic mass is 16.2. The Labute approximate surface area is 291 Å². The van der Waals surface area contributed by atoms with Crippen molar-refractivity contribution in [1.82, 2.24) is 47.4 Å². The average Bonchev–Trinajstić information content (AvgIpc) is 3.57. The molecule has 1 aliphatic rings. The molecule has 0 spiro atoms. The summed E-state index contributed by atoms with van der Waals surface area (Å²) in [6.07, 6.45) is 7.45. The second-order valence-corrected chi connectivity index (χ2v) is 11.6. The number of primary amides is 1. The lowest BCUT2D eigenvalue weighted by Gasteiger charge is -2.25. The SMILES string of the molecule is C#CCCC(=O)NCCCC[C@H](NC(=O)CNC(=O)[C@@H]1CCCN1C(=O)CNC(=O)[C@H](C)NC(=O)CNC)C(=O)NCC(=O)N[C@@H](C)C(N)=O. The van der Waals surface area contributed by atoms with Gasteiger partial charge < -0.3 is 53.2 Å². The van der Waals surface area contributed by atoms with Gasteiger partial charge in [0.1, 0.15) is 24.2 Å². The minimum atomic E-state index is -1.11. The minimum absolute atomic E-state index is 0.0142. The number of nitrogens with zero attached hydrogens (tertiary/aromatic N) is 1. The number of carbonyl (C=O) groups excluding carboxylic acids is 9. The van der Waals surface area contributed by atoms with E-state index in [0.29, 0.717) is 38.6 Å². The van der Waals surface area contributed by atoms with Crippen LogP contribution >= 0.6 is 0 Å². The van der Waals surface area contributed by atoms with Crippen LogP contribution in [0.25, 0.3) is 0 Å². The molecule has 4 atom stereocenters. The molecule has 1 aliphatic heterocycles. The molecule has 0 saturated carbocycles. The molecule has 0 aromatic carbocycles. The maximum atomic E-state index is 13.0. The Morgan fingerprint density at radius 3 is 2.06 bits per heavy atom. The molecule has 278 valence electrons. The van der Waals surface area contributed by atoms with Crippen molar-refractivity contribution in [2.45, 2.75) is 83.0 Å². The van der Waals surface area contributed by atoms with Gasteiger partial charge in [-0.2, -0.15) is 0 Å². The van der Waals surface area contributed by atoms with Crippen molar-refractivity contribution in [3.8, 4) is 12.3 Å². The Morgan fingerprint density at radius 2 is 1.40 bits per heavy atom. The number of likely N-dealkylation sites (tertiary alicyclic amines) is 1.